The van der Waals surface area contributed by atoms with Crippen LogP contribution < -0.4 is 9.46 Å². The van der Waals surface area contributed by atoms with E-state index < -0.39 is 0 Å². The van der Waals surface area contributed by atoms with Crippen LogP contribution in [0.5, 0.6) is 5.75 Å². The summed E-state index contributed by atoms with van der Waals surface area (Å²) >= 11 is 1.28. The second-order valence-corrected chi connectivity index (χ2v) is 9.17. The maximum atomic E-state index is 12.0. The zero-order valence-corrected chi connectivity index (χ0v) is 19.4. The highest BCUT2D eigenvalue weighted by Crippen LogP contribution is 2.37. The lowest BCUT2D eigenvalue weighted by molar-refractivity contribution is -0.131. The molecule has 1 fully saturated rings. The standard InChI is InChI=1S/C24H28N4O3S/c1-16(29)28-12-9-24(2,10-13-28)15-31-20-8-11-25-22-21(20)19(14-26-22)17-4-6-18(7-5-17)23(30)27-32-3/h4-8,11,14H,9-10,12-13,15H2,1-3H3,(H,25,26)(H,27,30). The van der Waals surface area contributed by atoms with Crippen molar-refractivity contribution < 1.29 is 14.3 Å². The molecule has 3 aromatic rings. The summed E-state index contributed by atoms with van der Waals surface area (Å²) < 4.78 is 9.08. The van der Waals surface area contributed by atoms with Gasteiger partial charge in [0.2, 0.25) is 5.91 Å². The predicted molar refractivity (Wildman–Crippen MR) is 128 cm³/mol. The third-order valence-corrected chi connectivity index (χ3v) is 6.57. The summed E-state index contributed by atoms with van der Waals surface area (Å²) in [5, 5.41) is 0.929. The number of carbonyl (C=O) groups is 2. The molecule has 8 heteroatoms. The first-order chi connectivity index (χ1) is 15.4. The molecular formula is C24H28N4O3S. The normalized spacial score (nSPS) is 15.5. The molecule has 7 nitrogen and oxygen atoms in total. The summed E-state index contributed by atoms with van der Waals surface area (Å²) in [5.74, 6) is 0.807. The minimum Gasteiger partial charge on any atom is -0.492 e. The number of aromatic amines is 1. The molecule has 2 amide bonds. The second-order valence-electron chi connectivity index (χ2n) is 8.55. The molecule has 0 spiro atoms. The van der Waals surface area contributed by atoms with Crippen LogP contribution >= 0.6 is 11.9 Å². The van der Waals surface area contributed by atoms with Crippen molar-refractivity contribution in [3.8, 4) is 16.9 Å². The smallest absolute Gasteiger partial charge is 0.261 e. The van der Waals surface area contributed by atoms with Gasteiger partial charge in [-0.15, -0.1) is 0 Å². The van der Waals surface area contributed by atoms with Gasteiger partial charge in [0, 0.05) is 55.2 Å². The number of nitrogens with one attached hydrogen (secondary N) is 2. The van der Waals surface area contributed by atoms with Crippen LogP contribution in [0.2, 0.25) is 0 Å². The number of likely N-dealkylation sites (tertiary alicyclic amines) is 1. The fourth-order valence-corrected chi connectivity index (χ4v) is 4.39. The molecule has 1 aliphatic heterocycles. The number of piperidine rings is 1. The number of ether oxygens (including phenoxy) is 1. The van der Waals surface area contributed by atoms with Crippen molar-refractivity contribution in [2.45, 2.75) is 26.7 Å². The van der Waals surface area contributed by atoms with Gasteiger partial charge in [-0.25, -0.2) is 4.98 Å². The van der Waals surface area contributed by atoms with Gasteiger partial charge in [0.25, 0.3) is 5.91 Å². The largest absolute Gasteiger partial charge is 0.492 e. The van der Waals surface area contributed by atoms with Gasteiger partial charge >= 0.3 is 0 Å². The van der Waals surface area contributed by atoms with Gasteiger partial charge in [0.15, 0.2) is 0 Å². The van der Waals surface area contributed by atoms with E-state index in [1.165, 1.54) is 11.9 Å². The van der Waals surface area contributed by atoms with E-state index in [4.69, 9.17) is 4.74 Å². The Morgan fingerprint density at radius 1 is 1.22 bits per heavy atom. The summed E-state index contributed by atoms with van der Waals surface area (Å²) in [6.45, 7) is 5.97. The number of nitrogens with zero attached hydrogens (tertiary/aromatic N) is 2. The van der Waals surface area contributed by atoms with E-state index in [-0.39, 0.29) is 17.2 Å². The molecule has 0 bridgehead atoms. The number of hydrogen-bond donors (Lipinski definition) is 2. The second kappa shape index (κ2) is 9.24. The minimum absolute atomic E-state index is 0.0182. The van der Waals surface area contributed by atoms with Crippen molar-refractivity contribution in [3.63, 3.8) is 0 Å². The first kappa shape index (κ1) is 22.2. The van der Waals surface area contributed by atoms with Gasteiger partial charge < -0.3 is 14.6 Å². The number of aromatic nitrogens is 2. The zero-order chi connectivity index (χ0) is 22.7. The molecule has 32 heavy (non-hydrogen) atoms. The minimum atomic E-state index is -0.113. The van der Waals surface area contributed by atoms with Crippen molar-refractivity contribution in [2.75, 3.05) is 26.0 Å². The highest BCUT2D eigenvalue weighted by molar-refractivity contribution is 7.97. The summed E-state index contributed by atoms with van der Waals surface area (Å²) in [5.41, 5.74) is 3.36. The average molecular weight is 453 g/mol. The van der Waals surface area contributed by atoms with Crippen LogP contribution in [0.15, 0.2) is 42.7 Å². The number of benzene rings is 1. The number of H-pyrrole nitrogens is 1. The fraction of sp³-hybridized carbons (Fsp3) is 0.375. The monoisotopic (exact) mass is 452 g/mol. The topological polar surface area (TPSA) is 87.3 Å². The molecule has 0 radical (unpaired) electrons. The van der Waals surface area contributed by atoms with Crippen LogP contribution in [0.1, 0.15) is 37.0 Å². The Balaban J connectivity index is 1.55. The summed E-state index contributed by atoms with van der Waals surface area (Å²) in [6.07, 6.45) is 7.32. The van der Waals surface area contributed by atoms with Crippen molar-refractivity contribution in [3.05, 3.63) is 48.3 Å². The molecule has 2 N–H and O–H groups in total. The summed E-state index contributed by atoms with van der Waals surface area (Å²) in [7, 11) is 0. The Morgan fingerprint density at radius 3 is 2.59 bits per heavy atom. The number of fused-ring (bicyclic) bond motifs is 1. The highest BCUT2D eigenvalue weighted by Gasteiger charge is 2.32. The van der Waals surface area contributed by atoms with Crippen LogP contribution in [0.3, 0.4) is 0 Å². The van der Waals surface area contributed by atoms with E-state index in [9.17, 15) is 9.59 Å². The van der Waals surface area contributed by atoms with Crippen LogP contribution in [0, 0.1) is 5.41 Å². The molecule has 168 valence electrons. The van der Waals surface area contributed by atoms with Gasteiger partial charge in [-0.2, -0.15) is 0 Å². The number of carbonyl (C=O) groups excluding carboxylic acids is 2. The maximum absolute atomic E-state index is 12.0. The van der Waals surface area contributed by atoms with Gasteiger partial charge in [0.1, 0.15) is 11.4 Å². The Kier molecular flexibility index (Phi) is 6.41. The van der Waals surface area contributed by atoms with Gasteiger partial charge in [-0.3, -0.25) is 14.3 Å². The molecule has 0 aliphatic carbocycles. The molecule has 0 unspecified atom stereocenters. The van der Waals surface area contributed by atoms with Crippen molar-refractivity contribution >= 4 is 34.8 Å². The van der Waals surface area contributed by atoms with E-state index in [2.05, 4.69) is 21.6 Å². The number of amides is 2. The van der Waals surface area contributed by atoms with Crippen molar-refractivity contribution in [2.24, 2.45) is 5.41 Å². The van der Waals surface area contributed by atoms with E-state index >= 15 is 0 Å². The molecule has 1 aromatic carbocycles. The molecule has 0 saturated carbocycles. The Labute approximate surface area is 192 Å². The van der Waals surface area contributed by atoms with E-state index in [0.29, 0.717) is 12.2 Å². The van der Waals surface area contributed by atoms with E-state index in [0.717, 1.165) is 53.8 Å². The summed E-state index contributed by atoms with van der Waals surface area (Å²) in [6, 6.07) is 9.41. The third-order valence-electron chi connectivity index (χ3n) is 6.18. The van der Waals surface area contributed by atoms with Gasteiger partial charge in [-0.1, -0.05) is 31.0 Å². The Morgan fingerprint density at radius 2 is 1.94 bits per heavy atom. The molecule has 4 rings (SSSR count). The maximum Gasteiger partial charge on any atom is 0.261 e. The molecular weight excluding hydrogens is 424 g/mol. The zero-order valence-electron chi connectivity index (χ0n) is 18.6. The van der Waals surface area contributed by atoms with Crippen molar-refractivity contribution in [1.29, 1.82) is 0 Å². The SMILES string of the molecule is CSNC(=O)c1ccc(-c2c[nH]c3nccc(OCC4(C)CCN(C(C)=O)CC4)c23)cc1. The van der Waals surface area contributed by atoms with Crippen LogP contribution in [-0.4, -0.2) is 52.6 Å². The molecule has 3 heterocycles. The van der Waals surface area contributed by atoms with Gasteiger partial charge in [0.05, 0.1) is 12.0 Å². The molecule has 1 saturated heterocycles. The van der Waals surface area contributed by atoms with Crippen molar-refractivity contribution in [1.82, 2.24) is 19.6 Å². The quantitative estimate of drug-likeness (QED) is 0.546. The third kappa shape index (κ3) is 4.60. The molecule has 2 aromatic heterocycles. The van der Waals surface area contributed by atoms with Crippen LogP contribution in [0.25, 0.3) is 22.2 Å². The van der Waals surface area contributed by atoms with Crippen LogP contribution in [-0.2, 0) is 4.79 Å². The first-order valence-electron chi connectivity index (χ1n) is 10.7. The molecule has 0 atom stereocenters. The van der Waals surface area contributed by atoms with Gasteiger partial charge in [-0.05, 0) is 36.6 Å². The fourth-order valence-electron chi connectivity index (χ4n) is 4.09. The Hall–Kier alpha value is -3.00. The number of pyridine rings is 1. The lowest BCUT2D eigenvalue weighted by atomic mass is 9.81. The molecule has 1 aliphatic rings. The first-order valence-corrected chi connectivity index (χ1v) is 11.9. The lowest BCUT2D eigenvalue weighted by Gasteiger charge is -2.38. The Bertz CT molecular complexity index is 1120. The van der Waals surface area contributed by atoms with Crippen LogP contribution in [0.4, 0.5) is 0 Å². The number of rotatable bonds is 6. The van der Waals surface area contributed by atoms with E-state index in [1.54, 1.807) is 13.1 Å². The predicted octanol–water partition coefficient (Wildman–Crippen LogP) is 4.27. The average Bonchev–Trinajstić information content (AvgIpc) is 3.23. The summed E-state index contributed by atoms with van der Waals surface area (Å²) in [4.78, 5) is 33.3. The van der Waals surface area contributed by atoms with E-state index in [1.807, 2.05) is 47.7 Å². The number of hydrogen-bond acceptors (Lipinski definition) is 5. The highest BCUT2D eigenvalue weighted by atomic mass is 32.2. The lowest BCUT2D eigenvalue weighted by Crippen LogP contribution is -2.43.